The molecule has 1 aromatic carbocycles. The second-order valence-corrected chi connectivity index (χ2v) is 11.4. The molecule has 6 nitrogen and oxygen atoms in total. The van der Waals surface area contributed by atoms with Gasteiger partial charge in [0.15, 0.2) is 0 Å². The van der Waals surface area contributed by atoms with Gasteiger partial charge < -0.3 is 14.2 Å². The number of rotatable bonds is 25. The summed E-state index contributed by atoms with van der Waals surface area (Å²) < 4.78 is 21.7. The van der Waals surface area contributed by atoms with E-state index < -0.39 is 0 Å². The second-order valence-electron chi connectivity index (χ2n) is 11.0. The van der Waals surface area contributed by atoms with E-state index in [1.807, 2.05) is 24.3 Å². The molecule has 41 heavy (non-hydrogen) atoms. The maximum absolute atomic E-state index is 6.24. The van der Waals surface area contributed by atoms with Gasteiger partial charge in [0.25, 0.3) is 0 Å². The molecule has 0 saturated heterocycles. The molecule has 0 spiro atoms. The van der Waals surface area contributed by atoms with Gasteiger partial charge in [-0.1, -0.05) is 95.6 Å². The van der Waals surface area contributed by atoms with Crippen molar-refractivity contribution in [1.82, 2.24) is 9.55 Å². The molecular weight excluding hydrogens is 534 g/mol. The van der Waals surface area contributed by atoms with Gasteiger partial charge in [-0.3, -0.25) is 4.98 Å². The number of unbranched alkanes of at least 4 members (excludes halogenated alkanes) is 13. The number of hydrogen-bond acceptors (Lipinski definition) is 4. The number of aryl methyl sites for hydroxylation is 1. The Balaban J connectivity index is 1.09. The molecule has 0 aliphatic heterocycles. The summed E-state index contributed by atoms with van der Waals surface area (Å²) in [5, 5.41) is 1.57. The second kappa shape index (κ2) is 21.5. The Kier molecular flexibility index (Phi) is 17.5. The largest absolute Gasteiger partial charge is 0.489 e. The van der Waals surface area contributed by atoms with Crippen LogP contribution in [0.15, 0.2) is 49.2 Å². The summed E-state index contributed by atoms with van der Waals surface area (Å²) >= 11 is 6.24. The molecule has 0 atom stereocenters. The molecule has 3 rings (SSSR count). The standard InChI is InChI=1S/C34H53ClN3O3/c1-2-3-4-5-6-7-8-9-10-11-12-13-14-15-21-37-22-23-38(30-37)24-25-39-26-27-40-28-29-41-33-19-18-32(35)31-17-16-20-36-34(31)33/h16-20,22-23,30H,2-15,21,24-29H2,1H3/q+1. The zero-order valence-corrected chi connectivity index (χ0v) is 26.2. The maximum atomic E-state index is 6.24. The number of pyridine rings is 1. The number of ether oxygens (including phenoxy) is 3. The van der Waals surface area contributed by atoms with Gasteiger partial charge in [0, 0.05) is 11.6 Å². The Morgan fingerprint density at radius 1 is 0.756 bits per heavy atom. The number of aromatic nitrogens is 3. The fourth-order valence-corrected chi connectivity index (χ4v) is 5.34. The lowest BCUT2D eigenvalue weighted by molar-refractivity contribution is -0.696. The molecule has 0 fully saturated rings. The van der Waals surface area contributed by atoms with Crippen LogP contribution in [0.2, 0.25) is 5.02 Å². The number of fused-ring (bicyclic) bond motifs is 1. The van der Waals surface area contributed by atoms with Crippen molar-refractivity contribution in [2.24, 2.45) is 0 Å². The summed E-state index contributed by atoms with van der Waals surface area (Å²) in [4.78, 5) is 4.39. The summed E-state index contributed by atoms with van der Waals surface area (Å²) in [7, 11) is 0. The first-order chi connectivity index (χ1) is 20.3. The van der Waals surface area contributed by atoms with Crippen molar-refractivity contribution in [3.8, 4) is 5.75 Å². The zero-order valence-electron chi connectivity index (χ0n) is 25.4. The van der Waals surface area contributed by atoms with Crippen molar-refractivity contribution in [2.45, 2.75) is 110 Å². The molecule has 7 heteroatoms. The molecular formula is C34H53ClN3O3+. The van der Waals surface area contributed by atoms with Crippen molar-refractivity contribution < 1.29 is 18.8 Å². The molecule has 0 radical (unpaired) electrons. The van der Waals surface area contributed by atoms with Gasteiger partial charge in [-0.2, -0.15) is 0 Å². The Morgan fingerprint density at radius 3 is 2.10 bits per heavy atom. The van der Waals surface area contributed by atoms with Crippen molar-refractivity contribution in [1.29, 1.82) is 0 Å². The van der Waals surface area contributed by atoms with Crippen molar-refractivity contribution >= 4 is 22.5 Å². The van der Waals surface area contributed by atoms with E-state index >= 15 is 0 Å². The number of halogens is 1. The SMILES string of the molecule is CCCCCCCCCCCCCCCC[n+]1ccn(CCOCCOCCOc2ccc(Cl)c3cccnc23)c1. The fraction of sp³-hybridized carbons (Fsp3) is 0.647. The third-order valence-corrected chi connectivity index (χ3v) is 7.88. The Bertz CT molecular complexity index is 1070. The molecule has 0 bridgehead atoms. The predicted octanol–water partition coefficient (Wildman–Crippen LogP) is 8.57. The molecule has 0 aliphatic carbocycles. The monoisotopic (exact) mass is 586 g/mol. The topological polar surface area (TPSA) is 49.4 Å². The first-order valence-electron chi connectivity index (χ1n) is 16.1. The van der Waals surface area contributed by atoms with Crippen LogP contribution in [0.25, 0.3) is 10.9 Å². The highest BCUT2D eigenvalue weighted by Gasteiger charge is 2.07. The highest BCUT2D eigenvalue weighted by Crippen LogP contribution is 2.29. The van der Waals surface area contributed by atoms with Gasteiger partial charge in [-0.05, 0) is 37.1 Å². The summed E-state index contributed by atoms with van der Waals surface area (Å²) in [6.45, 7) is 6.99. The number of imidazole rings is 1. The average Bonchev–Trinajstić information content (AvgIpc) is 3.45. The number of hydrogen-bond donors (Lipinski definition) is 0. The molecule has 0 N–H and O–H groups in total. The van der Waals surface area contributed by atoms with Crippen LogP contribution < -0.4 is 9.30 Å². The quantitative estimate of drug-likeness (QED) is 0.0737. The van der Waals surface area contributed by atoms with Crippen LogP contribution in [0.5, 0.6) is 5.75 Å². The van der Waals surface area contributed by atoms with E-state index in [9.17, 15) is 0 Å². The van der Waals surface area contributed by atoms with E-state index in [2.05, 4.69) is 39.8 Å². The lowest BCUT2D eigenvalue weighted by atomic mass is 10.0. The normalized spacial score (nSPS) is 11.5. The lowest BCUT2D eigenvalue weighted by Crippen LogP contribution is -2.31. The Labute approximate surface area is 253 Å². The maximum Gasteiger partial charge on any atom is 0.243 e. The molecule has 0 amide bonds. The van der Waals surface area contributed by atoms with E-state index in [-0.39, 0.29) is 0 Å². The van der Waals surface area contributed by atoms with Crippen LogP contribution in [0, 0.1) is 0 Å². The van der Waals surface area contributed by atoms with Crippen LogP contribution in [-0.2, 0) is 22.6 Å². The van der Waals surface area contributed by atoms with Crippen LogP contribution in [0.3, 0.4) is 0 Å². The van der Waals surface area contributed by atoms with Gasteiger partial charge in [-0.15, -0.1) is 0 Å². The molecule has 2 heterocycles. The summed E-state index contributed by atoms with van der Waals surface area (Å²) in [5.41, 5.74) is 0.772. The summed E-state index contributed by atoms with van der Waals surface area (Å²) in [6.07, 6.45) is 27.8. The molecule has 0 aliphatic rings. The van der Waals surface area contributed by atoms with Gasteiger partial charge in [0.05, 0.1) is 38.0 Å². The summed E-state index contributed by atoms with van der Waals surface area (Å²) in [5.74, 6) is 0.721. The summed E-state index contributed by atoms with van der Waals surface area (Å²) in [6, 6.07) is 7.50. The third kappa shape index (κ3) is 14.0. The Hall–Kier alpha value is -2.15. The van der Waals surface area contributed by atoms with E-state index in [1.165, 1.54) is 89.9 Å². The van der Waals surface area contributed by atoms with Crippen LogP contribution >= 0.6 is 11.6 Å². The Morgan fingerprint density at radius 2 is 1.39 bits per heavy atom. The van der Waals surface area contributed by atoms with Crippen LogP contribution in [0.1, 0.15) is 96.8 Å². The third-order valence-electron chi connectivity index (χ3n) is 7.55. The van der Waals surface area contributed by atoms with Gasteiger partial charge in [-0.25, -0.2) is 9.13 Å². The lowest BCUT2D eigenvalue weighted by Gasteiger charge is -2.10. The highest BCUT2D eigenvalue weighted by molar-refractivity contribution is 6.35. The minimum Gasteiger partial charge on any atom is -0.489 e. The van der Waals surface area contributed by atoms with Gasteiger partial charge in [0.2, 0.25) is 6.33 Å². The van der Waals surface area contributed by atoms with Crippen molar-refractivity contribution in [3.05, 3.63) is 54.2 Å². The zero-order chi connectivity index (χ0) is 28.8. The smallest absolute Gasteiger partial charge is 0.243 e. The number of benzene rings is 1. The molecule has 0 saturated carbocycles. The fourth-order valence-electron chi connectivity index (χ4n) is 5.12. The molecule has 3 aromatic rings. The van der Waals surface area contributed by atoms with E-state index in [1.54, 1.807) is 6.20 Å². The van der Waals surface area contributed by atoms with Crippen LogP contribution in [-0.4, -0.2) is 42.6 Å². The molecule has 228 valence electrons. The molecule has 2 aromatic heterocycles. The average molecular weight is 587 g/mol. The predicted molar refractivity (Wildman–Crippen MR) is 169 cm³/mol. The minimum atomic E-state index is 0.454. The van der Waals surface area contributed by atoms with Gasteiger partial charge >= 0.3 is 0 Å². The van der Waals surface area contributed by atoms with E-state index in [4.69, 9.17) is 25.8 Å². The van der Waals surface area contributed by atoms with Crippen LogP contribution in [0.4, 0.5) is 0 Å². The highest BCUT2D eigenvalue weighted by atomic mass is 35.5. The number of nitrogens with zero attached hydrogens (tertiary/aromatic N) is 3. The van der Waals surface area contributed by atoms with Crippen molar-refractivity contribution in [3.63, 3.8) is 0 Å². The first-order valence-corrected chi connectivity index (χ1v) is 16.5. The first kappa shape index (κ1) is 33.4. The van der Waals surface area contributed by atoms with E-state index in [0.717, 1.165) is 29.7 Å². The van der Waals surface area contributed by atoms with Gasteiger partial charge in [0.1, 0.15) is 36.8 Å². The van der Waals surface area contributed by atoms with E-state index in [0.29, 0.717) is 38.1 Å². The molecule has 0 unspecified atom stereocenters. The minimum absolute atomic E-state index is 0.454. The van der Waals surface area contributed by atoms with Crippen molar-refractivity contribution in [2.75, 3.05) is 33.0 Å².